The van der Waals surface area contributed by atoms with Gasteiger partial charge in [0.15, 0.2) is 0 Å². The van der Waals surface area contributed by atoms with E-state index in [0.717, 1.165) is 18.5 Å². The summed E-state index contributed by atoms with van der Waals surface area (Å²) in [5.74, 6) is -0.917. The predicted octanol–water partition coefficient (Wildman–Crippen LogP) is 2.01. The molecule has 0 amide bonds. The highest BCUT2D eigenvalue weighted by Crippen LogP contribution is 2.27. The van der Waals surface area contributed by atoms with Crippen LogP contribution in [0.2, 0.25) is 0 Å². The summed E-state index contributed by atoms with van der Waals surface area (Å²) < 4.78 is 0. The minimum atomic E-state index is -0.701. The number of rotatable bonds is 3. The molecule has 18 heavy (non-hydrogen) atoms. The lowest BCUT2D eigenvalue weighted by atomic mass is 9.86. The van der Waals surface area contributed by atoms with Crippen molar-refractivity contribution < 1.29 is 9.90 Å². The van der Waals surface area contributed by atoms with E-state index in [9.17, 15) is 4.79 Å². The highest BCUT2D eigenvalue weighted by atomic mass is 16.4. The molecule has 1 aliphatic rings. The van der Waals surface area contributed by atoms with Crippen molar-refractivity contribution in [3.05, 3.63) is 24.0 Å². The molecular weight excluding hydrogens is 230 g/mol. The Bertz CT molecular complexity index is 473. The van der Waals surface area contributed by atoms with Crippen LogP contribution in [0.5, 0.6) is 0 Å². The summed E-state index contributed by atoms with van der Waals surface area (Å²) in [4.78, 5) is 14.8. The molecule has 0 radical (unpaired) electrons. The smallest absolute Gasteiger partial charge is 0.306 e. The Balaban J connectivity index is 1.96. The van der Waals surface area contributed by atoms with Crippen molar-refractivity contribution in [3.63, 3.8) is 0 Å². The van der Waals surface area contributed by atoms with Gasteiger partial charge < -0.3 is 10.4 Å². The van der Waals surface area contributed by atoms with E-state index >= 15 is 0 Å². The normalized spacial score (nSPS) is 23.1. The number of anilines is 1. The second kappa shape index (κ2) is 5.50. The van der Waals surface area contributed by atoms with Gasteiger partial charge in [-0.2, -0.15) is 5.26 Å². The number of nitrogens with one attached hydrogen (secondary N) is 1. The Labute approximate surface area is 105 Å². The van der Waals surface area contributed by atoms with E-state index in [0.29, 0.717) is 18.4 Å². The van der Waals surface area contributed by atoms with Crippen LogP contribution in [0.15, 0.2) is 18.5 Å². The van der Waals surface area contributed by atoms with Crippen LogP contribution in [0.25, 0.3) is 0 Å². The van der Waals surface area contributed by atoms with Crippen LogP contribution >= 0.6 is 0 Å². The lowest BCUT2D eigenvalue weighted by Gasteiger charge is -2.27. The number of nitriles is 1. The molecular formula is C13H15N3O2. The Morgan fingerprint density at radius 3 is 2.78 bits per heavy atom. The summed E-state index contributed by atoms with van der Waals surface area (Å²) >= 11 is 0. The maximum atomic E-state index is 10.8. The molecule has 1 aliphatic carbocycles. The van der Waals surface area contributed by atoms with Gasteiger partial charge >= 0.3 is 5.97 Å². The maximum absolute atomic E-state index is 10.8. The predicted molar refractivity (Wildman–Crippen MR) is 66.0 cm³/mol. The van der Waals surface area contributed by atoms with E-state index in [1.165, 1.54) is 0 Å². The Kier molecular flexibility index (Phi) is 3.78. The van der Waals surface area contributed by atoms with Gasteiger partial charge in [-0.3, -0.25) is 9.78 Å². The van der Waals surface area contributed by atoms with Gasteiger partial charge in [0, 0.05) is 12.2 Å². The highest BCUT2D eigenvalue weighted by molar-refractivity contribution is 5.70. The molecule has 5 nitrogen and oxygen atoms in total. The molecule has 0 aromatic carbocycles. The topological polar surface area (TPSA) is 86.0 Å². The number of aliphatic carboxylic acids is 1. The molecule has 2 rings (SSSR count). The van der Waals surface area contributed by atoms with Crippen molar-refractivity contribution in [1.29, 1.82) is 5.26 Å². The number of aromatic nitrogens is 1. The van der Waals surface area contributed by atoms with Crippen LogP contribution in [0.4, 0.5) is 5.69 Å². The molecule has 0 spiro atoms. The maximum Gasteiger partial charge on any atom is 0.306 e. The van der Waals surface area contributed by atoms with E-state index in [1.54, 1.807) is 18.5 Å². The first-order valence-corrected chi connectivity index (χ1v) is 6.04. The molecule has 1 fully saturated rings. The molecule has 1 aromatic heterocycles. The molecule has 0 unspecified atom stereocenters. The summed E-state index contributed by atoms with van der Waals surface area (Å²) in [5, 5.41) is 21.2. The summed E-state index contributed by atoms with van der Waals surface area (Å²) in [6, 6.07) is 4.02. The number of pyridine rings is 1. The van der Waals surface area contributed by atoms with Crippen LogP contribution in [-0.4, -0.2) is 22.1 Å². The lowest BCUT2D eigenvalue weighted by Crippen LogP contribution is -2.29. The molecule has 1 saturated carbocycles. The van der Waals surface area contributed by atoms with E-state index in [1.807, 2.05) is 0 Å². The van der Waals surface area contributed by atoms with Crippen molar-refractivity contribution in [2.45, 2.75) is 31.7 Å². The Hall–Kier alpha value is -2.09. The number of carbonyl (C=O) groups is 1. The zero-order valence-electron chi connectivity index (χ0n) is 9.97. The largest absolute Gasteiger partial charge is 0.481 e. The number of carboxylic acid groups (broad SMARTS) is 1. The Morgan fingerprint density at radius 2 is 2.17 bits per heavy atom. The molecule has 94 valence electrons. The second-order valence-corrected chi connectivity index (χ2v) is 4.56. The number of hydrogen-bond acceptors (Lipinski definition) is 4. The van der Waals surface area contributed by atoms with E-state index in [4.69, 9.17) is 10.4 Å². The molecule has 1 aromatic rings. The molecule has 0 bridgehead atoms. The third-order valence-corrected chi connectivity index (χ3v) is 3.38. The van der Waals surface area contributed by atoms with Gasteiger partial charge in [0.25, 0.3) is 0 Å². The first kappa shape index (κ1) is 12.4. The highest BCUT2D eigenvalue weighted by Gasteiger charge is 2.26. The quantitative estimate of drug-likeness (QED) is 0.850. The SMILES string of the molecule is N#Cc1ccncc1NC1CCC(C(=O)O)CC1. The van der Waals surface area contributed by atoms with E-state index < -0.39 is 5.97 Å². The summed E-state index contributed by atoms with van der Waals surface area (Å²) in [6.07, 6.45) is 6.24. The number of nitrogens with zero attached hydrogens (tertiary/aromatic N) is 2. The summed E-state index contributed by atoms with van der Waals surface area (Å²) in [7, 11) is 0. The van der Waals surface area contributed by atoms with Crippen molar-refractivity contribution in [2.24, 2.45) is 5.92 Å². The molecule has 1 heterocycles. The fraction of sp³-hybridized carbons (Fsp3) is 0.462. The van der Waals surface area contributed by atoms with E-state index in [2.05, 4.69) is 16.4 Å². The Morgan fingerprint density at radius 1 is 1.44 bits per heavy atom. The van der Waals surface area contributed by atoms with Crippen molar-refractivity contribution in [1.82, 2.24) is 4.98 Å². The minimum absolute atomic E-state index is 0.215. The molecule has 0 saturated heterocycles. The van der Waals surface area contributed by atoms with Gasteiger partial charge in [-0.15, -0.1) is 0 Å². The first-order chi connectivity index (χ1) is 8.70. The third kappa shape index (κ3) is 2.77. The number of hydrogen-bond donors (Lipinski definition) is 2. The molecule has 0 atom stereocenters. The molecule has 5 heteroatoms. The standard InChI is InChI=1S/C13H15N3O2/c14-7-10-5-6-15-8-12(10)16-11-3-1-9(2-4-11)13(17)18/h5-6,8-9,11,16H,1-4H2,(H,17,18). The van der Waals surface area contributed by atoms with Crippen molar-refractivity contribution in [2.75, 3.05) is 5.32 Å². The summed E-state index contributed by atoms with van der Waals surface area (Å²) in [6.45, 7) is 0. The minimum Gasteiger partial charge on any atom is -0.481 e. The fourth-order valence-corrected chi connectivity index (χ4v) is 2.31. The van der Waals surface area contributed by atoms with Crippen molar-refractivity contribution >= 4 is 11.7 Å². The summed E-state index contributed by atoms with van der Waals surface area (Å²) in [5.41, 5.74) is 1.31. The first-order valence-electron chi connectivity index (χ1n) is 6.04. The van der Waals surface area contributed by atoms with Gasteiger partial charge in [0.1, 0.15) is 6.07 Å². The van der Waals surface area contributed by atoms with Crippen LogP contribution in [-0.2, 0) is 4.79 Å². The average molecular weight is 245 g/mol. The van der Waals surface area contributed by atoms with Gasteiger partial charge in [-0.1, -0.05) is 0 Å². The van der Waals surface area contributed by atoms with Crippen LogP contribution in [0, 0.1) is 17.2 Å². The zero-order valence-corrected chi connectivity index (χ0v) is 9.97. The third-order valence-electron chi connectivity index (χ3n) is 3.38. The average Bonchev–Trinajstić information content (AvgIpc) is 2.40. The molecule has 0 aliphatic heterocycles. The van der Waals surface area contributed by atoms with Crippen LogP contribution in [0.1, 0.15) is 31.2 Å². The van der Waals surface area contributed by atoms with Gasteiger partial charge in [0.2, 0.25) is 0 Å². The molecule has 2 N–H and O–H groups in total. The van der Waals surface area contributed by atoms with E-state index in [-0.39, 0.29) is 12.0 Å². The monoisotopic (exact) mass is 245 g/mol. The van der Waals surface area contributed by atoms with Crippen LogP contribution in [0.3, 0.4) is 0 Å². The van der Waals surface area contributed by atoms with Crippen LogP contribution < -0.4 is 5.32 Å². The van der Waals surface area contributed by atoms with Gasteiger partial charge in [-0.25, -0.2) is 0 Å². The lowest BCUT2D eigenvalue weighted by molar-refractivity contribution is -0.142. The fourth-order valence-electron chi connectivity index (χ4n) is 2.31. The second-order valence-electron chi connectivity index (χ2n) is 4.56. The zero-order chi connectivity index (χ0) is 13.0. The van der Waals surface area contributed by atoms with Crippen molar-refractivity contribution in [3.8, 4) is 6.07 Å². The number of carboxylic acids is 1. The van der Waals surface area contributed by atoms with Gasteiger partial charge in [-0.05, 0) is 31.7 Å². The van der Waals surface area contributed by atoms with Gasteiger partial charge in [0.05, 0.1) is 23.4 Å².